The molecule has 0 bridgehead atoms. The van der Waals surface area contributed by atoms with Crippen LogP contribution >= 0.6 is 11.6 Å². The summed E-state index contributed by atoms with van der Waals surface area (Å²) in [6.45, 7) is 9.06. The zero-order valence-electron chi connectivity index (χ0n) is 14.1. The van der Waals surface area contributed by atoms with Gasteiger partial charge in [-0.3, -0.25) is 9.69 Å². The van der Waals surface area contributed by atoms with E-state index in [1.165, 1.54) is 24.4 Å². The van der Waals surface area contributed by atoms with Crippen LogP contribution in [0.2, 0.25) is 5.02 Å². The molecule has 1 fully saturated rings. The molecule has 1 aromatic heterocycles. The highest BCUT2D eigenvalue weighted by molar-refractivity contribution is 6.33. The second kappa shape index (κ2) is 7.58. The van der Waals surface area contributed by atoms with Gasteiger partial charge in [0.2, 0.25) is 0 Å². The molecular formula is C17H15ClF3N5O. The van der Waals surface area contributed by atoms with Crippen molar-refractivity contribution >= 4 is 23.0 Å². The summed E-state index contributed by atoms with van der Waals surface area (Å²) in [6, 6.07) is 4.05. The molecule has 0 radical (unpaired) electrons. The minimum absolute atomic E-state index is 0.0440. The van der Waals surface area contributed by atoms with Gasteiger partial charge in [-0.1, -0.05) is 29.8 Å². The van der Waals surface area contributed by atoms with E-state index in [2.05, 4.69) is 15.0 Å². The molecule has 1 aromatic carbocycles. The second-order valence-corrected chi connectivity index (χ2v) is 6.46. The fourth-order valence-electron chi connectivity index (χ4n) is 3.12. The maximum absolute atomic E-state index is 13.4. The van der Waals surface area contributed by atoms with Crippen LogP contribution in [-0.2, 0) is 12.7 Å². The minimum Gasteiger partial charge on any atom is -0.366 e. The van der Waals surface area contributed by atoms with Crippen LogP contribution in [0.5, 0.6) is 0 Å². The van der Waals surface area contributed by atoms with Crippen molar-refractivity contribution in [3.05, 3.63) is 62.3 Å². The first-order valence-corrected chi connectivity index (χ1v) is 8.46. The molecular weight excluding hydrogens is 383 g/mol. The van der Waals surface area contributed by atoms with Crippen molar-refractivity contribution < 1.29 is 13.2 Å². The van der Waals surface area contributed by atoms with E-state index in [0.29, 0.717) is 31.9 Å². The van der Waals surface area contributed by atoms with Crippen molar-refractivity contribution in [2.24, 2.45) is 0 Å². The van der Waals surface area contributed by atoms with Gasteiger partial charge in [0.1, 0.15) is 5.02 Å². The van der Waals surface area contributed by atoms with E-state index in [9.17, 15) is 18.0 Å². The Balaban J connectivity index is 1.75. The van der Waals surface area contributed by atoms with Gasteiger partial charge < -0.3 is 4.90 Å². The lowest BCUT2D eigenvalue weighted by Gasteiger charge is -2.36. The molecule has 27 heavy (non-hydrogen) atoms. The van der Waals surface area contributed by atoms with Crippen LogP contribution in [0, 0.1) is 6.57 Å². The van der Waals surface area contributed by atoms with Gasteiger partial charge in [-0.05, 0) is 5.56 Å². The molecule has 1 aliphatic heterocycles. The number of H-pyrrole nitrogens is 1. The number of aromatic amines is 1. The monoisotopic (exact) mass is 397 g/mol. The Morgan fingerprint density at radius 2 is 1.96 bits per heavy atom. The van der Waals surface area contributed by atoms with Crippen LogP contribution in [0.4, 0.5) is 24.5 Å². The Kier molecular flexibility index (Phi) is 5.39. The molecule has 0 aliphatic carbocycles. The van der Waals surface area contributed by atoms with E-state index in [0.717, 1.165) is 0 Å². The summed E-state index contributed by atoms with van der Waals surface area (Å²) in [6.07, 6.45) is -3.12. The molecule has 0 unspecified atom stereocenters. The van der Waals surface area contributed by atoms with E-state index >= 15 is 0 Å². The smallest absolute Gasteiger partial charge is 0.366 e. The lowest BCUT2D eigenvalue weighted by molar-refractivity contribution is -0.137. The molecule has 0 spiro atoms. The zero-order valence-corrected chi connectivity index (χ0v) is 14.8. The molecule has 10 heteroatoms. The Morgan fingerprint density at radius 3 is 2.59 bits per heavy atom. The molecule has 2 heterocycles. The molecule has 0 amide bonds. The van der Waals surface area contributed by atoms with Crippen molar-refractivity contribution in [2.75, 3.05) is 31.1 Å². The van der Waals surface area contributed by atoms with E-state index in [1.54, 1.807) is 0 Å². The standard InChI is InChI=1S/C17H15ClF3N5O/c1-22-12-4-2-3-11(14(12)17(19,20)21)10-25-5-7-26(8-6-25)13-9-23-24-16(27)15(13)18/h2-4,9H,5-8,10H2,(H,24,27). The number of nitrogens with one attached hydrogen (secondary N) is 1. The summed E-state index contributed by atoms with van der Waals surface area (Å²) in [4.78, 5) is 18.3. The zero-order chi connectivity index (χ0) is 19.6. The van der Waals surface area contributed by atoms with Gasteiger partial charge in [0, 0.05) is 32.7 Å². The average Bonchev–Trinajstić information content (AvgIpc) is 2.63. The van der Waals surface area contributed by atoms with Crippen LogP contribution in [0.3, 0.4) is 0 Å². The Labute approximate surface area is 158 Å². The largest absolute Gasteiger partial charge is 0.407 e. The molecule has 0 atom stereocenters. The third-order valence-corrected chi connectivity index (χ3v) is 4.78. The summed E-state index contributed by atoms with van der Waals surface area (Å²) in [5, 5.41) is 6.02. The van der Waals surface area contributed by atoms with Crippen molar-refractivity contribution in [1.82, 2.24) is 15.1 Å². The molecule has 0 saturated carbocycles. The number of anilines is 1. The average molecular weight is 398 g/mol. The van der Waals surface area contributed by atoms with Crippen LogP contribution < -0.4 is 10.5 Å². The number of aromatic nitrogens is 2. The number of alkyl halides is 3. The highest BCUT2D eigenvalue weighted by atomic mass is 35.5. The molecule has 6 nitrogen and oxygen atoms in total. The molecule has 1 aliphatic rings. The summed E-state index contributed by atoms with van der Waals surface area (Å²) in [5.41, 5.74) is -1.15. The third-order valence-electron chi connectivity index (χ3n) is 4.42. The molecule has 2 aromatic rings. The third kappa shape index (κ3) is 4.07. The maximum atomic E-state index is 13.4. The van der Waals surface area contributed by atoms with E-state index in [-0.39, 0.29) is 22.8 Å². The molecule has 142 valence electrons. The quantitative estimate of drug-likeness (QED) is 0.807. The fourth-order valence-corrected chi connectivity index (χ4v) is 3.33. The predicted octanol–water partition coefficient (Wildman–Crippen LogP) is 3.32. The SMILES string of the molecule is [C-]#[N+]c1cccc(CN2CCN(c3cn[nH]c(=O)c3Cl)CC2)c1C(F)(F)F. The van der Waals surface area contributed by atoms with Gasteiger partial charge in [0.05, 0.1) is 24.0 Å². The van der Waals surface area contributed by atoms with Crippen LogP contribution in [0.1, 0.15) is 11.1 Å². The summed E-state index contributed by atoms with van der Waals surface area (Å²) < 4.78 is 40.2. The first kappa shape index (κ1) is 19.2. The Bertz CT molecular complexity index is 929. The number of benzene rings is 1. The lowest BCUT2D eigenvalue weighted by Crippen LogP contribution is -2.46. The number of hydrogen-bond donors (Lipinski definition) is 1. The number of halogens is 4. The predicted molar refractivity (Wildman–Crippen MR) is 95.1 cm³/mol. The van der Waals surface area contributed by atoms with Gasteiger partial charge in [0.25, 0.3) is 5.56 Å². The first-order chi connectivity index (χ1) is 12.8. The van der Waals surface area contributed by atoms with Gasteiger partial charge >= 0.3 is 6.18 Å². The summed E-state index contributed by atoms with van der Waals surface area (Å²) in [5.74, 6) is 0. The van der Waals surface area contributed by atoms with E-state index < -0.39 is 17.3 Å². The topological polar surface area (TPSA) is 56.6 Å². The van der Waals surface area contributed by atoms with Gasteiger partial charge in [-0.25, -0.2) is 9.94 Å². The fraction of sp³-hybridized carbons (Fsp3) is 0.353. The highest BCUT2D eigenvalue weighted by Gasteiger charge is 2.36. The Morgan fingerprint density at radius 1 is 1.26 bits per heavy atom. The summed E-state index contributed by atoms with van der Waals surface area (Å²) >= 11 is 6.00. The van der Waals surface area contributed by atoms with E-state index in [1.807, 2.05) is 9.80 Å². The van der Waals surface area contributed by atoms with Gasteiger partial charge in [0.15, 0.2) is 5.69 Å². The number of hydrogen-bond acceptors (Lipinski definition) is 4. The van der Waals surface area contributed by atoms with Crippen molar-refractivity contribution in [3.63, 3.8) is 0 Å². The van der Waals surface area contributed by atoms with Gasteiger partial charge in [-0.2, -0.15) is 18.3 Å². The van der Waals surface area contributed by atoms with Crippen LogP contribution in [0.25, 0.3) is 4.85 Å². The lowest BCUT2D eigenvalue weighted by atomic mass is 10.0. The second-order valence-electron chi connectivity index (χ2n) is 6.08. The van der Waals surface area contributed by atoms with E-state index in [4.69, 9.17) is 18.2 Å². The molecule has 1 N–H and O–H groups in total. The van der Waals surface area contributed by atoms with Crippen molar-refractivity contribution in [3.8, 4) is 0 Å². The van der Waals surface area contributed by atoms with Crippen molar-refractivity contribution in [2.45, 2.75) is 12.7 Å². The normalized spacial score (nSPS) is 15.6. The van der Waals surface area contributed by atoms with Crippen molar-refractivity contribution in [1.29, 1.82) is 0 Å². The number of nitrogens with zero attached hydrogens (tertiary/aromatic N) is 4. The maximum Gasteiger partial charge on any atom is 0.407 e. The molecule has 1 saturated heterocycles. The van der Waals surface area contributed by atoms with Crippen LogP contribution in [-0.4, -0.2) is 41.3 Å². The minimum atomic E-state index is -4.58. The first-order valence-electron chi connectivity index (χ1n) is 8.08. The highest BCUT2D eigenvalue weighted by Crippen LogP contribution is 2.39. The summed E-state index contributed by atoms with van der Waals surface area (Å²) in [7, 11) is 0. The Hall–Kier alpha value is -2.57. The van der Waals surface area contributed by atoms with Crippen LogP contribution in [0.15, 0.2) is 29.2 Å². The van der Waals surface area contributed by atoms with Gasteiger partial charge in [-0.15, -0.1) is 0 Å². The number of piperazine rings is 1. The molecule has 3 rings (SSSR count). The number of rotatable bonds is 3.